The minimum atomic E-state index is -0.573. The molecule has 0 aliphatic heterocycles. The number of hydrogen-bond donors (Lipinski definition) is 2. The van der Waals surface area contributed by atoms with Gasteiger partial charge in [-0.2, -0.15) is 0 Å². The summed E-state index contributed by atoms with van der Waals surface area (Å²) in [6.07, 6.45) is 13.4. The number of aromatic nitrogens is 2. The molecule has 4 heteroatoms. The van der Waals surface area contributed by atoms with E-state index in [1.54, 1.807) is 11.8 Å². The minimum absolute atomic E-state index is 0.0606. The van der Waals surface area contributed by atoms with E-state index in [1.165, 1.54) is 57.8 Å². The maximum Gasteiger partial charge on any atom is 0.166 e. The Kier molecular flexibility index (Phi) is 4.82. The lowest BCUT2D eigenvalue weighted by molar-refractivity contribution is -0.143. The summed E-state index contributed by atoms with van der Waals surface area (Å²) in [5.74, 6) is 4.17. The first kappa shape index (κ1) is 20.6. The Morgan fingerprint density at radius 2 is 1.84 bits per heavy atom. The number of benzene rings is 1. The maximum absolute atomic E-state index is 12.0. The maximum atomic E-state index is 12.0. The van der Waals surface area contributed by atoms with Gasteiger partial charge in [-0.1, -0.05) is 50.6 Å². The number of rotatable bonds is 3. The van der Waals surface area contributed by atoms with E-state index in [0.717, 1.165) is 46.1 Å². The van der Waals surface area contributed by atoms with Crippen molar-refractivity contribution in [3.05, 3.63) is 24.3 Å². The van der Waals surface area contributed by atoms with Gasteiger partial charge in [0, 0.05) is 11.2 Å². The van der Waals surface area contributed by atoms with Crippen molar-refractivity contribution >= 4 is 22.8 Å². The van der Waals surface area contributed by atoms with E-state index in [0.29, 0.717) is 11.3 Å². The third-order valence-corrected chi connectivity index (χ3v) is 11.8. The Hall–Kier alpha value is -1.00. The SMILES string of the molecule is CC12CCCCC1CCC1C2CCC2(C)C1CC[C@@]2(O)CSc1nc2ccccc2[nH]1. The van der Waals surface area contributed by atoms with E-state index >= 15 is 0 Å². The number of imidazole rings is 1. The van der Waals surface area contributed by atoms with Crippen LogP contribution < -0.4 is 0 Å². The molecule has 3 nitrogen and oxygen atoms in total. The van der Waals surface area contributed by atoms with Crippen LogP contribution in [0.4, 0.5) is 0 Å². The molecule has 2 aromatic rings. The number of nitrogens with zero attached hydrogens (tertiary/aromatic N) is 1. The Balaban J connectivity index is 1.22. The van der Waals surface area contributed by atoms with Gasteiger partial charge in [0.1, 0.15) is 0 Å². The van der Waals surface area contributed by atoms with E-state index < -0.39 is 5.60 Å². The molecule has 168 valence electrons. The third kappa shape index (κ3) is 3.00. The predicted octanol–water partition coefficient (Wildman–Crippen LogP) is 6.82. The molecule has 4 aliphatic carbocycles. The zero-order chi connectivity index (χ0) is 21.3. The highest BCUT2D eigenvalue weighted by molar-refractivity contribution is 7.99. The smallest absolute Gasteiger partial charge is 0.166 e. The van der Waals surface area contributed by atoms with Gasteiger partial charge in [0.25, 0.3) is 0 Å². The molecule has 1 aromatic heterocycles. The molecule has 4 fully saturated rings. The summed E-state index contributed by atoms with van der Waals surface area (Å²) in [5.41, 5.74) is 2.17. The molecule has 0 spiro atoms. The van der Waals surface area contributed by atoms with E-state index in [9.17, 15) is 5.11 Å². The Morgan fingerprint density at radius 3 is 2.71 bits per heavy atom. The van der Waals surface area contributed by atoms with Crippen molar-refractivity contribution in [1.82, 2.24) is 9.97 Å². The summed E-state index contributed by atoms with van der Waals surface area (Å²) in [6, 6.07) is 8.22. The summed E-state index contributed by atoms with van der Waals surface area (Å²) >= 11 is 1.73. The standard InChI is InChI=1S/C27H38N2OS/c1-25-14-6-5-7-18(25)10-11-19-20(25)12-15-26(2)21(19)13-16-27(26,30)17-31-24-28-22-8-3-4-9-23(22)29-24/h3-4,8-9,18-21,30H,5-7,10-17H2,1-2H3,(H,28,29)/t18?,19?,20?,21?,25?,26?,27-/m1/s1. The topological polar surface area (TPSA) is 48.9 Å². The lowest BCUT2D eigenvalue weighted by Gasteiger charge is -2.61. The average Bonchev–Trinajstić information content (AvgIpc) is 3.30. The van der Waals surface area contributed by atoms with E-state index in [4.69, 9.17) is 4.98 Å². The fourth-order valence-electron chi connectivity index (χ4n) is 8.83. The third-order valence-electron chi connectivity index (χ3n) is 10.7. The van der Waals surface area contributed by atoms with Gasteiger partial charge in [0.05, 0.1) is 16.6 Å². The van der Waals surface area contributed by atoms with Gasteiger partial charge in [-0.05, 0) is 92.6 Å². The molecule has 31 heavy (non-hydrogen) atoms. The number of aliphatic hydroxyl groups is 1. The van der Waals surface area contributed by atoms with Crippen molar-refractivity contribution in [2.75, 3.05) is 5.75 Å². The van der Waals surface area contributed by atoms with Crippen molar-refractivity contribution in [3.8, 4) is 0 Å². The number of thioether (sulfide) groups is 1. The number of nitrogens with one attached hydrogen (secondary N) is 1. The molecular formula is C27H38N2OS. The molecule has 0 saturated heterocycles. The van der Waals surface area contributed by atoms with Crippen LogP contribution in [-0.2, 0) is 0 Å². The zero-order valence-corrected chi connectivity index (χ0v) is 20.0. The first-order valence-corrected chi connectivity index (χ1v) is 13.7. The van der Waals surface area contributed by atoms with E-state index in [1.807, 2.05) is 12.1 Å². The van der Waals surface area contributed by atoms with Crippen molar-refractivity contribution in [3.63, 3.8) is 0 Å². The summed E-state index contributed by atoms with van der Waals surface area (Å²) in [6.45, 7) is 5.09. The normalized spacial score (nSPS) is 44.6. The highest BCUT2D eigenvalue weighted by Crippen LogP contribution is 2.68. The molecule has 6 rings (SSSR count). The Morgan fingerprint density at radius 1 is 1.00 bits per heavy atom. The first-order chi connectivity index (χ1) is 14.9. The number of fused-ring (bicyclic) bond motifs is 6. The molecule has 4 saturated carbocycles. The van der Waals surface area contributed by atoms with Gasteiger partial charge in [0.15, 0.2) is 5.16 Å². The van der Waals surface area contributed by atoms with Crippen molar-refractivity contribution in [1.29, 1.82) is 0 Å². The van der Waals surface area contributed by atoms with Gasteiger partial charge >= 0.3 is 0 Å². The van der Waals surface area contributed by atoms with Gasteiger partial charge in [0.2, 0.25) is 0 Å². The van der Waals surface area contributed by atoms with Crippen LogP contribution in [0.15, 0.2) is 29.4 Å². The molecule has 1 aromatic carbocycles. The van der Waals surface area contributed by atoms with Crippen molar-refractivity contribution in [2.24, 2.45) is 34.5 Å². The molecule has 6 unspecified atom stereocenters. The van der Waals surface area contributed by atoms with Gasteiger partial charge in [-0.15, -0.1) is 0 Å². The molecule has 2 N–H and O–H groups in total. The number of H-pyrrole nitrogens is 1. The lowest BCUT2D eigenvalue weighted by atomic mass is 9.44. The van der Waals surface area contributed by atoms with Crippen LogP contribution >= 0.6 is 11.8 Å². The van der Waals surface area contributed by atoms with Crippen LogP contribution in [0.1, 0.15) is 78.1 Å². The highest BCUT2D eigenvalue weighted by Gasteiger charge is 2.64. The summed E-state index contributed by atoms with van der Waals surface area (Å²) < 4.78 is 0. The first-order valence-electron chi connectivity index (χ1n) is 12.7. The fourth-order valence-corrected chi connectivity index (χ4v) is 10.0. The second-order valence-corrected chi connectivity index (χ2v) is 12.7. The minimum Gasteiger partial charge on any atom is -0.388 e. The quantitative estimate of drug-likeness (QED) is 0.517. The van der Waals surface area contributed by atoms with E-state index in [2.05, 4.69) is 31.0 Å². The molecule has 0 radical (unpaired) electrons. The number of aromatic amines is 1. The second kappa shape index (κ2) is 7.25. The van der Waals surface area contributed by atoms with Crippen molar-refractivity contribution in [2.45, 2.75) is 88.8 Å². The number of hydrogen-bond acceptors (Lipinski definition) is 3. The zero-order valence-electron chi connectivity index (χ0n) is 19.2. The van der Waals surface area contributed by atoms with Crippen LogP contribution in [0.2, 0.25) is 0 Å². The summed E-state index contributed by atoms with van der Waals surface area (Å²) in [7, 11) is 0. The second-order valence-electron chi connectivity index (χ2n) is 11.8. The lowest BCUT2D eigenvalue weighted by Crippen LogP contribution is -2.56. The molecule has 0 bridgehead atoms. The van der Waals surface area contributed by atoms with Crippen LogP contribution in [0.25, 0.3) is 11.0 Å². The molecular weight excluding hydrogens is 400 g/mol. The fraction of sp³-hybridized carbons (Fsp3) is 0.741. The van der Waals surface area contributed by atoms with Gasteiger partial charge in [-0.25, -0.2) is 4.98 Å². The van der Waals surface area contributed by atoms with Crippen molar-refractivity contribution < 1.29 is 5.11 Å². The van der Waals surface area contributed by atoms with Gasteiger partial charge < -0.3 is 10.1 Å². The highest BCUT2D eigenvalue weighted by atomic mass is 32.2. The summed E-state index contributed by atoms with van der Waals surface area (Å²) in [5, 5.41) is 13.0. The average molecular weight is 439 g/mol. The predicted molar refractivity (Wildman–Crippen MR) is 128 cm³/mol. The number of para-hydroxylation sites is 2. The van der Waals surface area contributed by atoms with E-state index in [-0.39, 0.29) is 5.41 Å². The summed E-state index contributed by atoms with van der Waals surface area (Å²) in [4.78, 5) is 8.19. The molecule has 4 aliphatic rings. The van der Waals surface area contributed by atoms with Crippen LogP contribution in [0.3, 0.4) is 0 Å². The molecule has 7 atom stereocenters. The van der Waals surface area contributed by atoms with Crippen LogP contribution in [0, 0.1) is 34.5 Å². The van der Waals surface area contributed by atoms with Crippen LogP contribution in [-0.4, -0.2) is 26.4 Å². The Bertz CT molecular complexity index is 940. The molecule has 0 amide bonds. The van der Waals surface area contributed by atoms with Crippen LogP contribution in [0.5, 0.6) is 0 Å². The van der Waals surface area contributed by atoms with Gasteiger partial charge in [-0.3, -0.25) is 0 Å². The Labute approximate surface area is 191 Å². The molecule has 1 heterocycles. The largest absolute Gasteiger partial charge is 0.388 e. The monoisotopic (exact) mass is 438 g/mol.